The fourth-order valence-corrected chi connectivity index (χ4v) is 5.64. The van der Waals surface area contributed by atoms with Gasteiger partial charge < -0.3 is 31.3 Å². The van der Waals surface area contributed by atoms with Crippen LogP contribution in [0.2, 0.25) is 0 Å². The number of rotatable bonds is 4. The van der Waals surface area contributed by atoms with Gasteiger partial charge >= 0.3 is 5.97 Å². The second-order valence-corrected chi connectivity index (χ2v) is 8.72. The van der Waals surface area contributed by atoms with Gasteiger partial charge in [0.25, 0.3) is 0 Å². The number of hydrogen-bond donors (Lipinski definition) is 1. The van der Waals surface area contributed by atoms with Crippen LogP contribution in [0.25, 0.3) is 0 Å². The highest BCUT2D eigenvalue weighted by atomic mass is 79.9. The van der Waals surface area contributed by atoms with E-state index in [0.29, 0.717) is 17.6 Å². The quantitative estimate of drug-likeness (QED) is 0.547. The van der Waals surface area contributed by atoms with Crippen molar-refractivity contribution < 1.29 is 36.1 Å². The summed E-state index contributed by atoms with van der Waals surface area (Å²) in [6.45, 7) is 0. The summed E-state index contributed by atoms with van der Waals surface area (Å²) in [5.41, 5.74) is -0.819. The van der Waals surface area contributed by atoms with Crippen LogP contribution in [0.15, 0.2) is 30.3 Å². The molecule has 3 aliphatic rings. The number of benzene rings is 1. The molecule has 1 aromatic rings. The van der Waals surface area contributed by atoms with E-state index in [4.69, 9.17) is 4.74 Å². The maximum absolute atomic E-state index is 13.2. The van der Waals surface area contributed by atoms with Crippen LogP contribution >= 0.6 is 0 Å². The lowest BCUT2D eigenvalue weighted by Gasteiger charge is -2.35. The van der Waals surface area contributed by atoms with E-state index in [1.807, 2.05) is 30.3 Å². The Morgan fingerprint density at radius 1 is 1.12 bits per heavy atom. The fourth-order valence-electron chi connectivity index (χ4n) is 5.64. The van der Waals surface area contributed by atoms with E-state index < -0.39 is 11.6 Å². The molecule has 26 heavy (non-hydrogen) atoms. The first-order valence-corrected chi connectivity index (χ1v) is 9.76. The summed E-state index contributed by atoms with van der Waals surface area (Å²) in [4.78, 5) is 13.2. The smallest absolute Gasteiger partial charge is 0.343 e. The molecule has 2 aliphatic heterocycles. The average molecular weight is 424 g/mol. The number of quaternary nitrogens is 1. The molecule has 1 unspecified atom stereocenters. The number of ether oxygens (including phenoxy) is 1. The van der Waals surface area contributed by atoms with E-state index in [2.05, 4.69) is 14.1 Å². The Morgan fingerprint density at radius 2 is 1.77 bits per heavy atom. The first-order chi connectivity index (χ1) is 11.9. The van der Waals surface area contributed by atoms with E-state index in [1.165, 1.54) is 6.42 Å². The molecule has 0 radical (unpaired) electrons. The number of fused-ring (bicyclic) bond motifs is 2. The highest BCUT2D eigenvalue weighted by Crippen LogP contribution is 2.46. The van der Waals surface area contributed by atoms with Crippen molar-refractivity contribution in [1.82, 2.24) is 0 Å². The highest BCUT2D eigenvalue weighted by molar-refractivity contribution is 5.82. The summed E-state index contributed by atoms with van der Waals surface area (Å²) >= 11 is 0. The molecular weight excluding hydrogens is 394 g/mol. The summed E-state index contributed by atoms with van der Waals surface area (Å²) in [6.07, 6.45) is 7.13. The molecule has 1 N–H and O–H groups in total. The molecule has 2 saturated heterocycles. The van der Waals surface area contributed by atoms with Gasteiger partial charge in [-0.2, -0.15) is 0 Å². The van der Waals surface area contributed by atoms with Gasteiger partial charge in [-0.25, -0.2) is 4.79 Å². The zero-order chi connectivity index (χ0) is 17.7. The molecular formula is C21H30BrNO3. The van der Waals surface area contributed by atoms with Gasteiger partial charge in [-0.3, -0.25) is 0 Å². The molecule has 2 bridgehead atoms. The molecule has 0 aromatic heterocycles. The fraction of sp³-hybridized carbons (Fsp3) is 0.667. The monoisotopic (exact) mass is 423 g/mol. The number of nitrogens with zero attached hydrogens (tertiary/aromatic N) is 1. The van der Waals surface area contributed by atoms with Gasteiger partial charge in [-0.1, -0.05) is 43.2 Å². The summed E-state index contributed by atoms with van der Waals surface area (Å²) in [6, 6.07) is 10.4. The number of hydrogen-bond acceptors (Lipinski definition) is 3. The minimum atomic E-state index is -1.50. The molecule has 1 aliphatic carbocycles. The van der Waals surface area contributed by atoms with Crippen molar-refractivity contribution >= 4 is 5.97 Å². The van der Waals surface area contributed by atoms with E-state index in [9.17, 15) is 9.90 Å². The maximum Gasteiger partial charge on any atom is 0.343 e. The third-order valence-electron chi connectivity index (χ3n) is 7.25. The van der Waals surface area contributed by atoms with Crippen molar-refractivity contribution in [2.24, 2.45) is 5.92 Å². The number of carbonyl (C=O) groups excluding carboxylic acids is 1. The van der Waals surface area contributed by atoms with E-state index >= 15 is 0 Å². The topological polar surface area (TPSA) is 46.5 Å². The zero-order valence-electron chi connectivity index (χ0n) is 15.7. The van der Waals surface area contributed by atoms with Crippen LogP contribution in [0.4, 0.5) is 0 Å². The minimum absolute atomic E-state index is 0. The molecule has 4 nitrogen and oxygen atoms in total. The van der Waals surface area contributed by atoms with Gasteiger partial charge in [-0.05, 0) is 18.4 Å². The minimum Gasteiger partial charge on any atom is -1.00 e. The zero-order valence-corrected chi connectivity index (χ0v) is 17.3. The third-order valence-corrected chi connectivity index (χ3v) is 7.25. The largest absolute Gasteiger partial charge is 1.00 e. The Hall–Kier alpha value is -0.910. The van der Waals surface area contributed by atoms with Gasteiger partial charge in [0.05, 0.1) is 20.1 Å². The van der Waals surface area contributed by atoms with Gasteiger partial charge in [0.1, 0.15) is 6.04 Å². The lowest BCUT2D eigenvalue weighted by atomic mass is 9.80. The first-order valence-electron chi connectivity index (χ1n) is 9.76. The standard InChI is InChI=1S/C21H30NO3.BrH/c1-22(2)17-12-13-18(22)19(14-17)25-20(23)21(24,16-10-6-7-11-16)15-8-4-3-5-9-15;/h3-5,8-9,16-19,24H,6-7,10-14H2,1-2H3;1H/q+1;/p-1/t17?,18-,19+,21+;/m1./s1. The van der Waals surface area contributed by atoms with Crippen molar-refractivity contribution in [3.8, 4) is 0 Å². The molecule has 5 heteroatoms. The van der Waals surface area contributed by atoms with Crippen LogP contribution in [0.5, 0.6) is 0 Å². The van der Waals surface area contributed by atoms with E-state index in [0.717, 1.165) is 43.0 Å². The van der Waals surface area contributed by atoms with Crippen LogP contribution in [-0.2, 0) is 15.1 Å². The lowest BCUT2D eigenvalue weighted by Crippen LogP contribution is -3.00. The van der Waals surface area contributed by atoms with Crippen LogP contribution < -0.4 is 17.0 Å². The lowest BCUT2D eigenvalue weighted by molar-refractivity contribution is -0.913. The average Bonchev–Trinajstić information content (AvgIpc) is 3.30. The summed E-state index contributed by atoms with van der Waals surface area (Å²) in [5.74, 6) is -0.466. The van der Waals surface area contributed by atoms with E-state index in [1.54, 1.807) is 0 Å². The summed E-state index contributed by atoms with van der Waals surface area (Å²) in [5, 5.41) is 11.5. The molecule has 144 valence electrons. The number of likely N-dealkylation sites (N-methyl/N-ethyl adjacent to an activating group) is 1. The van der Waals surface area contributed by atoms with Crippen molar-refractivity contribution in [2.45, 2.75) is 68.7 Å². The van der Waals surface area contributed by atoms with Crippen molar-refractivity contribution in [1.29, 1.82) is 0 Å². The Kier molecular flexibility index (Phi) is 5.53. The Morgan fingerprint density at radius 3 is 2.31 bits per heavy atom. The Bertz CT molecular complexity index is 644. The van der Waals surface area contributed by atoms with Gasteiger partial charge in [0.2, 0.25) is 0 Å². The Labute approximate surface area is 166 Å². The second kappa shape index (κ2) is 7.25. The molecule has 4 rings (SSSR count). The van der Waals surface area contributed by atoms with Crippen molar-refractivity contribution in [3.05, 3.63) is 35.9 Å². The summed E-state index contributed by atoms with van der Waals surface area (Å²) < 4.78 is 6.96. The molecule has 1 saturated carbocycles. The Balaban J connectivity index is 0.00000196. The van der Waals surface area contributed by atoms with Gasteiger partial charge in [0.15, 0.2) is 11.7 Å². The van der Waals surface area contributed by atoms with Gasteiger partial charge in [0, 0.05) is 25.2 Å². The first kappa shape index (κ1) is 19.8. The van der Waals surface area contributed by atoms with Crippen LogP contribution in [0.1, 0.15) is 50.5 Å². The highest BCUT2D eigenvalue weighted by Gasteiger charge is 2.58. The number of carbonyl (C=O) groups is 1. The predicted octanol–water partition coefficient (Wildman–Crippen LogP) is -0.00870. The third kappa shape index (κ3) is 3.02. The van der Waals surface area contributed by atoms with Gasteiger partial charge in [-0.15, -0.1) is 0 Å². The van der Waals surface area contributed by atoms with Crippen molar-refractivity contribution in [2.75, 3.05) is 14.1 Å². The number of esters is 1. The number of aliphatic hydroxyl groups is 1. The summed E-state index contributed by atoms with van der Waals surface area (Å²) in [7, 11) is 4.49. The van der Waals surface area contributed by atoms with Crippen LogP contribution in [0.3, 0.4) is 0 Å². The van der Waals surface area contributed by atoms with E-state index in [-0.39, 0.29) is 29.0 Å². The maximum atomic E-state index is 13.2. The molecule has 1 aromatic carbocycles. The molecule has 0 amide bonds. The molecule has 3 fully saturated rings. The second-order valence-electron chi connectivity index (χ2n) is 8.72. The van der Waals surface area contributed by atoms with Crippen molar-refractivity contribution in [3.63, 3.8) is 0 Å². The number of halogens is 1. The van der Waals surface area contributed by atoms with Crippen LogP contribution in [-0.4, -0.2) is 47.8 Å². The molecule has 0 spiro atoms. The predicted molar refractivity (Wildman–Crippen MR) is 95.7 cm³/mol. The van der Waals surface area contributed by atoms with Crippen LogP contribution in [0, 0.1) is 5.92 Å². The molecule has 4 atom stereocenters. The SMILES string of the molecule is C[N+]1(C)C2CC[C@@H]1[C@@H](OC(=O)[C@](O)(c1ccccc1)C1CCCC1)C2.[Br-]. The normalized spacial score (nSPS) is 32.0. The molecule has 2 heterocycles.